The SMILES string of the molecule is COc1ccc(-c2cc(-c3ccc(OC)c(OC)c3)nc(N)n2)cc1OC. The third kappa shape index (κ3) is 3.72. The minimum Gasteiger partial charge on any atom is -0.493 e. The van der Waals surface area contributed by atoms with Crippen molar-refractivity contribution in [2.24, 2.45) is 0 Å². The summed E-state index contributed by atoms with van der Waals surface area (Å²) in [7, 11) is 6.36. The lowest BCUT2D eigenvalue weighted by Crippen LogP contribution is -1.99. The number of nitrogens with two attached hydrogens (primary N) is 1. The second kappa shape index (κ2) is 7.82. The molecular weight excluding hydrogens is 346 g/mol. The third-order valence-corrected chi connectivity index (χ3v) is 4.10. The molecule has 7 heteroatoms. The van der Waals surface area contributed by atoms with Crippen LogP contribution in [0.15, 0.2) is 42.5 Å². The van der Waals surface area contributed by atoms with Crippen molar-refractivity contribution < 1.29 is 18.9 Å². The van der Waals surface area contributed by atoms with Crippen molar-refractivity contribution in [3.05, 3.63) is 42.5 Å². The molecule has 0 aliphatic carbocycles. The molecule has 27 heavy (non-hydrogen) atoms. The lowest BCUT2D eigenvalue weighted by Gasteiger charge is -2.12. The summed E-state index contributed by atoms with van der Waals surface area (Å²) in [6, 6.07) is 13.0. The minimum atomic E-state index is 0.173. The van der Waals surface area contributed by atoms with Crippen molar-refractivity contribution in [1.82, 2.24) is 9.97 Å². The summed E-state index contributed by atoms with van der Waals surface area (Å²) in [6.07, 6.45) is 0. The molecule has 0 saturated carbocycles. The summed E-state index contributed by atoms with van der Waals surface area (Å²) in [5.74, 6) is 2.68. The molecule has 0 fully saturated rings. The monoisotopic (exact) mass is 367 g/mol. The maximum Gasteiger partial charge on any atom is 0.221 e. The van der Waals surface area contributed by atoms with Crippen molar-refractivity contribution in [3.8, 4) is 45.5 Å². The first-order chi connectivity index (χ1) is 13.1. The van der Waals surface area contributed by atoms with Gasteiger partial charge in [0.1, 0.15) is 0 Å². The second-order valence-corrected chi connectivity index (χ2v) is 5.64. The Hall–Kier alpha value is -3.48. The van der Waals surface area contributed by atoms with E-state index >= 15 is 0 Å². The molecule has 0 bridgehead atoms. The molecule has 0 saturated heterocycles. The average Bonchev–Trinajstić information content (AvgIpc) is 2.72. The number of methoxy groups -OCH3 is 4. The van der Waals surface area contributed by atoms with Crippen molar-refractivity contribution >= 4 is 5.95 Å². The lowest BCUT2D eigenvalue weighted by molar-refractivity contribution is 0.355. The molecule has 0 spiro atoms. The van der Waals surface area contributed by atoms with Gasteiger partial charge in [0, 0.05) is 11.1 Å². The molecule has 0 radical (unpaired) electrons. The molecule has 0 aliphatic heterocycles. The molecule has 0 atom stereocenters. The van der Waals surface area contributed by atoms with Gasteiger partial charge in [-0.1, -0.05) is 0 Å². The highest BCUT2D eigenvalue weighted by molar-refractivity contribution is 5.72. The van der Waals surface area contributed by atoms with Crippen molar-refractivity contribution in [3.63, 3.8) is 0 Å². The molecule has 1 aromatic heterocycles. The highest BCUT2D eigenvalue weighted by atomic mass is 16.5. The zero-order chi connectivity index (χ0) is 19.4. The summed E-state index contributed by atoms with van der Waals surface area (Å²) in [4.78, 5) is 8.70. The standard InChI is InChI=1S/C20H21N3O4/c1-24-16-7-5-12(9-18(16)26-3)14-11-15(23-20(21)22-14)13-6-8-17(25-2)19(10-13)27-4/h5-11H,1-4H3,(H2,21,22,23). The van der Waals surface area contributed by atoms with Crippen molar-refractivity contribution in [1.29, 1.82) is 0 Å². The van der Waals surface area contributed by atoms with Gasteiger partial charge in [-0.25, -0.2) is 9.97 Å². The van der Waals surface area contributed by atoms with Gasteiger partial charge in [-0.05, 0) is 42.5 Å². The fourth-order valence-corrected chi connectivity index (χ4v) is 2.75. The quantitative estimate of drug-likeness (QED) is 0.714. The average molecular weight is 367 g/mol. The van der Waals surface area contributed by atoms with Crippen molar-refractivity contribution in [2.45, 2.75) is 0 Å². The Balaban J connectivity index is 2.08. The number of rotatable bonds is 6. The van der Waals surface area contributed by atoms with Gasteiger partial charge in [0.25, 0.3) is 0 Å². The Morgan fingerprint density at radius 2 is 1.00 bits per heavy atom. The van der Waals surface area contributed by atoms with E-state index in [0.717, 1.165) is 11.1 Å². The molecule has 0 amide bonds. The minimum absolute atomic E-state index is 0.173. The van der Waals surface area contributed by atoms with Crippen LogP contribution in [0.25, 0.3) is 22.5 Å². The smallest absolute Gasteiger partial charge is 0.221 e. The molecule has 3 aromatic rings. The van der Waals surface area contributed by atoms with Crippen LogP contribution in [0, 0.1) is 0 Å². The van der Waals surface area contributed by atoms with E-state index in [4.69, 9.17) is 24.7 Å². The lowest BCUT2D eigenvalue weighted by atomic mass is 10.1. The van der Waals surface area contributed by atoms with E-state index in [1.54, 1.807) is 28.4 Å². The molecule has 0 unspecified atom stereocenters. The first kappa shape index (κ1) is 18.3. The van der Waals surface area contributed by atoms with Crippen molar-refractivity contribution in [2.75, 3.05) is 34.2 Å². The molecule has 0 aliphatic rings. The van der Waals surface area contributed by atoms with Gasteiger partial charge in [-0.3, -0.25) is 0 Å². The predicted octanol–water partition coefficient (Wildman–Crippen LogP) is 3.43. The summed E-state index contributed by atoms with van der Waals surface area (Å²) in [5.41, 5.74) is 8.97. The van der Waals surface area contributed by atoms with Gasteiger partial charge >= 0.3 is 0 Å². The fourth-order valence-electron chi connectivity index (χ4n) is 2.75. The molecule has 1 heterocycles. The van der Waals surface area contributed by atoms with Gasteiger partial charge in [-0.15, -0.1) is 0 Å². The number of anilines is 1. The Kier molecular flexibility index (Phi) is 5.30. The Labute approximate surface area is 157 Å². The largest absolute Gasteiger partial charge is 0.493 e. The zero-order valence-electron chi connectivity index (χ0n) is 15.6. The molecule has 140 valence electrons. The molecule has 2 aromatic carbocycles. The number of hydrogen-bond acceptors (Lipinski definition) is 7. The number of benzene rings is 2. The first-order valence-electron chi connectivity index (χ1n) is 8.19. The number of ether oxygens (including phenoxy) is 4. The van der Waals surface area contributed by atoms with Gasteiger partial charge in [0.05, 0.1) is 39.8 Å². The van der Waals surface area contributed by atoms with Gasteiger partial charge in [0.15, 0.2) is 23.0 Å². The van der Waals surface area contributed by atoms with Gasteiger partial charge in [-0.2, -0.15) is 0 Å². The second-order valence-electron chi connectivity index (χ2n) is 5.64. The maximum atomic E-state index is 5.95. The Morgan fingerprint density at radius 3 is 1.37 bits per heavy atom. The Morgan fingerprint density at radius 1 is 0.593 bits per heavy atom. The molecule has 3 rings (SSSR count). The van der Waals surface area contributed by atoms with Crippen LogP contribution in [0.3, 0.4) is 0 Å². The van der Waals surface area contributed by atoms with E-state index < -0.39 is 0 Å². The van der Waals surface area contributed by atoms with E-state index in [0.29, 0.717) is 34.4 Å². The predicted molar refractivity (Wildman–Crippen MR) is 104 cm³/mol. The summed E-state index contributed by atoms with van der Waals surface area (Å²) < 4.78 is 21.3. The van der Waals surface area contributed by atoms with Crippen LogP contribution in [0.2, 0.25) is 0 Å². The van der Waals surface area contributed by atoms with Crippen LogP contribution < -0.4 is 24.7 Å². The third-order valence-electron chi connectivity index (χ3n) is 4.10. The van der Waals surface area contributed by atoms with Crippen LogP contribution in [0.4, 0.5) is 5.95 Å². The summed E-state index contributed by atoms with van der Waals surface area (Å²) in [5, 5.41) is 0. The molecule has 7 nitrogen and oxygen atoms in total. The zero-order valence-corrected chi connectivity index (χ0v) is 15.6. The highest BCUT2D eigenvalue weighted by Gasteiger charge is 2.12. The maximum absolute atomic E-state index is 5.95. The van der Waals surface area contributed by atoms with Crippen LogP contribution >= 0.6 is 0 Å². The summed E-state index contributed by atoms with van der Waals surface area (Å²) >= 11 is 0. The molecular formula is C20H21N3O4. The Bertz CT molecular complexity index is 886. The number of aromatic nitrogens is 2. The number of hydrogen-bond donors (Lipinski definition) is 1. The summed E-state index contributed by atoms with van der Waals surface area (Å²) in [6.45, 7) is 0. The molecule has 2 N–H and O–H groups in total. The normalized spacial score (nSPS) is 10.4. The first-order valence-corrected chi connectivity index (χ1v) is 8.19. The number of nitrogens with zero attached hydrogens (tertiary/aromatic N) is 2. The van der Waals surface area contributed by atoms with E-state index in [1.807, 2.05) is 42.5 Å². The van der Waals surface area contributed by atoms with E-state index in [2.05, 4.69) is 9.97 Å². The van der Waals surface area contributed by atoms with Crippen LogP contribution in [-0.2, 0) is 0 Å². The topological polar surface area (TPSA) is 88.7 Å². The van der Waals surface area contributed by atoms with E-state index in [-0.39, 0.29) is 5.95 Å². The fraction of sp³-hybridized carbons (Fsp3) is 0.200. The van der Waals surface area contributed by atoms with Crippen LogP contribution in [0.5, 0.6) is 23.0 Å². The van der Waals surface area contributed by atoms with Crippen LogP contribution in [-0.4, -0.2) is 38.4 Å². The van der Waals surface area contributed by atoms with E-state index in [9.17, 15) is 0 Å². The van der Waals surface area contributed by atoms with Crippen LogP contribution in [0.1, 0.15) is 0 Å². The van der Waals surface area contributed by atoms with Gasteiger partial charge in [0.2, 0.25) is 5.95 Å². The number of nitrogen functional groups attached to an aromatic ring is 1. The van der Waals surface area contributed by atoms with Gasteiger partial charge < -0.3 is 24.7 Å². The van der Waals surface area contributed by atoms with E-state index in [1.165, 1.54) is 0 Å². The highest BCUT2D eigenvalue weighted by Crippen LogP contribution is 2.35.